The Balaban J connectivity index is 1.56. The molecule has 0 spiro atoms. The highest BCUT2D eigenvalue weighted by Gasteiger charge is 2.23. The molecule has 4 heterocycles. The fourth-order valence-corrected chi connectivity index (χ4v) is 3.91. The molecule has 0 radical (unpaired) electrons. The van der Waals surface area contributed by atoms with Crippen LogP contribution in [0.2, 0.25) is 0 Å². The Labute approximate surface area is 148 Å². The number of rotatable bonds is 3. The number of piperidine rings is 2. The van der Waals surface area contributed by atoms with Gasteiger partial charge in [0.2, 0.25) is 0 Å². The Morgan fingerprint density at radius 1 is 1.12 bits per heavy atom. The molecule has 0 unspecified atom stereocenters. The van der Waals surface area contributed by atoms with E-state index >= 15 is 0 Å². The molecule has 6 nitrogen and oxygen atoms in total. The van der Waals surface area contributed by atoms with E-state index in [0.29, 0.717) is 11.6 Å². The predicted molar refractivity (Wildman–Crippen MR) is 99.1 cm³/mol. The van der Waals surface area contributed by atoms with Crippen LogP contribution in [-0.2, 0) is 0 Å². The zero-order valence-electron chi connectivity index (χ0n) is 14.9. The first kappa shape index (κ1) is 16.4. The molecular weight excluding hydrogens is 314 g/mol. The molecule has 134 valence electrons. The minimum absolute atomic E-state index is 0.117. The van der Waals surface area contributed by atoms with Crippen LogP contribution in [0.3, 0.4) is 0 Å². The van der Waals surface area contributed by atoms with Crippen molar-refractivity contribution in [1.29, 1.82) is 0 Å². The Morgan fingerprint density at radius 3 is 2.64 bits per heavy atom. The number of anilines is 1. The second-order valence-corrected chi connectivity index (χ2v) is 7.34. The van der Waals surface area contributed by atoms with Crippen molar-refractivity contribution >= 4 is 17.2 Å². The summed E-state index contributed by atoms with van der Waals surface area (Å²) in [5, 5.41) is 8.14. The maximum absolute atomic E-state index is 12.9. The van der Waals surface area contributed by atoms with Crippen molar-refractivity contribution in [3.8, 4) is 0 Å². The van der Waals surface area contributed by atoms with Gasteiger partial charge in [0.1, 0.15) is 5.82 Å². The summed E-state index contributed by atoms with van der Waals surface area (Å²) in [6, 6.07) is 6.52. The Kier molecular flexibility index (Phi) is 4.61. The summed E-state index contributed by atoms with van der Waals surface area (Å²) >= 11 is 0. The number of pyridine rings is 1. The van der Waals surface area contributed by atoms with Crippen LogP contribution in [0.25, 0.3) is 5.52 Å². The van der Waals surface area contributed by atoms with Crippen LogP contribution in [0, 0.1) is 0 Å². The second kappa shape index (κ2) is 7.04. The van der Waals surface area contributed by atoms with Gasteiger partial charge in [-0.2, -0.15) is 5.10 Å². The van der Waals surface area contributed by atoms with Crippen molar-refractivity contribution < 1.29 is 4.79 Å². The fraction of sp³-hybridized carbons (Fsp3) is 0.579. The monoisotopic (exact) mass is 341 g/mol. The lowest BCUT2D eigenvalue weighted by Gasteiger charge is -2.30. The van der Waals surface area contributed by atoms with Crippen molar-refractivity contribution in [2.24, 2.45) is 0 Å². The van der Waals surface area contributed by atoms with Crippen LogP contribution in [0.1, 0.15) is 42.5 Å². The topological polar surface area (TPSA) is 52.9 Å². The summed E-state index contributed by atoms with van der Waals surface area (Å²) in [7, 11) is 2.17. The number of likely N-dealkylation sites (tertiary alicyclic amines) is 2. The van der Waals surface area contributed by atoms with Crippen molar-refractivity contribution in [3.63, 3.8) is 0 Å². The summed E-state index contributed by atoms with van der Waals surface area (Å²) in [5.41, 5.74) is 1.61. The van der Waals surface area contributed by atoms with E-state index < -0.39 is 0 Å². The molecule has 25 heavy (non-hydrogen) atoms. The Bertz CT molecular complexity index is 741. The third-order valence-corrected chi connectivity index (χ3v) is 5.49. The number of carbonyl (C=O) groups is 1. The minimum atomic E-state index is 0.117. The number of fused-ring (bicyclic) bond motifs is 1. The molecule has 0 atom stereocenters. The van der Waals surface area contributed by atoms with E-state index in [1.165, 1.54) is 6.42 Å². The summed E-state index contributed by atoms with van der Waals surface area (Å²) in [5.74, 6) is 1.09. The molecule has 2 aromatic heterocycles. The zero-order chi connectivity index (χ0) is 17.2. The lowest BCUT2D eigenvalue weighted by atomic mass is 10.1. The van der Waals surface area contributed by atoms with Crippen LogP contribution in [0.4, 0.5) is 5.82 Å². The van der Waals surface area contributed by atoms with E-state index in [4.69, 9.17) is 0 Å². The van der Waals surface area contributed by atoms with Gasteiger partial charge in [-0.15, -0.1) is 0 Å². The van der Waals surface area contributed by atoms with E-state index in [1.54, 1.807) is 6.20 Å². The Morgan fingerprint density at radius 2 is 1.88 bits per heavy atom. The van der Waals surface area contributed by atoms with Crippen molar-refractivity contribution in [1.82, 2.24) is 19.4 Å². The van der Waals surface area contributed by atoms with E-state index in [2.05, 4.69) is 22.4 Å². The van der Waals surface area contributed by atoms with E-state index in [0.717, 1.165) is 63.2 Å². The average Bonchev–Trinajstić information content (AvgIpc) is 3.09. The molecule has 6 heteroatoms. The maximum Gasteiger partial charge on any atom is 0.257 e. The number of aromatic nitrogens is 2. The lowest BCUT2D eigenvalue weighted by Crippen LogP contribution is -2.37. The molecule has 0 aliphatic carbocycles. The van der Waals surface area contributed by atoms with Gasteiger partial charge in [0, 0.05) is 19.1 Å². The third kappa shape index (κ3) is 3.35. The molecular formula is C19H27N5O. The van der Waals surface area contributed by atoms with Gasteiger partial charge >= 0.3 is 0 Å². The highest BCUT2D eigenvalue weighted by Crippen LogP contribution is 2.22. The molecule has 2 aliphatic heterocycles. The quantitative estimate of drug-likeness (QED) is 0.932. The summed E-state index contributed by atoms with van der Waals surface area (Å²) < 4.78 is 1.88. The molecule has 2 saturated heterocycles. The molecule has 1 N–H and O–H groups in total. The summed E-state index contributed by atoms with van der Waals surface area (Å²) in [6.45, 7) is 3.96. The minimum Gasteiger partial charge on any atom is -0.367 e. The van der Waals surface area contributed by atoms with Gasteiger partial charge in [0.15, 0.2) is 0 Å². The highest BCUT2D eigenvalue weighted by atomic mass is 16.2. The number of hydrogen-bond acceptors (Lipinski definition) is 4. The molecule has 2 fully saturated rings. The number of amides is 1. The third-order valence-electron chi connectivity index (χ3n) is 5.49. The van der Waals surface area contributed by atoms with Crippen molar-refractivity contribution in [3.05, 3.63) is 30.0 Å². The van der Waals surface area contributed by atoms with Crippen LogP contribution in [0.5, 0.6) is 0 Å². The van der Waals surface area contributed by atoms with Gasteiger partial charge in [-0.3, -0.25) is 4.79 Å². The highest BCUT2D eigenvalue weighted by molar-refractivity contribution is 6.00. The van der Waals surface area contributed by atoms with Crippen LogP contribution < -0.4 is 5.32 Å². The fourth-order valence-electron chi connectivity index (χ4n) is 3.91. The van der Waals surface area contributed by atoms with Crippen LogP contribution >= 0.6 is 0 Å². The van der Waals surface area contributed by atoms with Gasteiger partial charge in [-0.25, -0.2) is 4.52 Å². The largest absolute Gasteiger partial charge is 0.367 e. The first-order valence-electron chi connectivity index (χ1n) is 9.43. The van der Waals surface area contributed by atoms with Gasteiger partial charge in [-0.05, 0) is 64.4 Å². The van der Waals surface area contributed by atoms with E-state index in [-0.39, 0.29) is 5.91 Å². The predicted octanol–water partition coefficient (Wildman–Crippen LogP) is 2.47. The molecule has 0 aromatic carbocycles. The number of nitrogens with zero attached hydrogens (tertiary/aromatic N) is 4. The SMILES string of the molecule is CN1CCC(Nc2cccc3c(C(=O)N4CCCCC4)cnn23)CC1. The molecule has 0 saturated carbocycles. The second-order valence-electron chi connectivity index (χ2n) is 7.34. The van der Waals surface area contributed by atoms with Crippen molar-refractivity contribution in [2.45, 2.75) is 38.1 Å². The zero-order valence-corrected chi connectivity index (χ0v) is 14.9. The van der Waals surface area contributed by atoms with Crippen LogP contribution in [0.15, 0.2) is 24.4 Å². The smallest absolute Gasteiger partial charge is 0.257 e. The van der Waals surface area contributed by atoms with Gasteiger partial charge in [0.05, 0.1) is 17.3 Å². The van der Waals surface area contributed by atoms with E-state index in [9.17, 15) is 4.79 Å². The lowest BCUT2D eigenvalue weighted by molar-refractivity contribution is 0.0726. The Hall–Kier alpha value is -2.08. The normalized spacial score (nSPS) is 20.1. The van der Waals surface area contributed by atoms with Gasteiger partial charge in [-0.1, -0.05) is 6.07 Å². The standard InChI is InChI=1S/C19H27N5O/c1-22-12-8-15(9-13-22)21-18-7-5-6-17-16(14-20-24(17)18)19(25)23-10-3-2-4-11-23/h5-7,14-15,21H,2-4,8-13H2,1H3. The first-order valence-corrected chi connectivity index (χ1v) is 9.43. The van der Waals surface area contributed by atoms with Crippen LogP contribution in [-0.4, -0.2) is 64.6 Å². The summed E-state index contributed by atoms with van der Waals surface area (Å²) in [6.07, 6.45) is 7.43. The number of nitrogens with one attached hydrogen (secondary N) is 1. The number of carbonyl (C=O) groups excluding carboxylic acids is 1. The maximum atomic E-state index is 12.9. The summed E-state index contributed by atoms with van der Waals surface area (Å²) in [4.78, 5) is 17.2. The molecule has 0 bridgehead atoms. The molecule has 4 rings (SSSR count). The van der Waals surface area contributed by atoms with Gasteiger partial charge < -0.3 is 15.1 Å². The van der Waals surface area contributed by atoms with Gasteiger partial charge in [0.25, 0.3) is 5.91 Å². The number of hydrogen-bond donors (Lipinski definition) is 1. The van der Waals surface area contributed by atoms with Crippen molar-refractivity contribution in [2.75, 3.05) is 38.5 Å². The van der Waals surface area contributed by atoms with E-state index in [1.807, 2.05) is 27.6 Å². The first-order chi connectivity index (χ1) is 12.2. The molecule has 2 aromatic rings. The molecule has 2 aliphatic rings. The molecule has 1 amide bonds. The average molecular weight is 341 g/mol.